The first kappa shape index (κ1) is 24.4. The Kier molecular flexibility index (Phi) is 22.4. The lowest BCUT2D eigenvalue weighted by Crippen LogP contribution is -2.13. The average Bonchev–Trinajstić information content (AvgIpc) is 2.31. The first-order valence-electron chi connectivity index (χ1n) is 6.45. The number of carbonyl (C=O) groups excluding carboxylic acids is 1. The molecule has 5 nitrogen and oxygen atoms in total. The molecule has 0 amide bonds. The van der Waals surface area contributed by atoms with Crippen LogP contribution in [-0.4, -0.2) is 56.7 Å². The van der Waals surface area contributed by atoms with Gasteiger partial charge in [0.1, 0.15) is 0 Å². The van der Waals surface area contributed by atoms with E-state index in [9.17, 15) is 4.79 Å². The van der Waals surface area contributed by atoms with Gasteiger partial charge in [0, 0.05) is 18.1 Å². The standard InChI is InChI=1S/C8H17N3.C5H9ClO2.ClH/c1-4-9-8-10-6-5-7-11(2)3;1-4(2)3-8-5(6)7;/h4-7H2,1-3H3;4H,3H2,1-2H3;1H. The Labute approximate surface area is 133 Å². The van der Waals surface area contributed by atoms with Crippen molar-refractivity contribution >= 4 is 35.4 Å². The predicted molar refractivity (Wildman–Crippen MR) is 87.7 cm³/mol. The van der Waals surface area contributed by atoms with Crippen LogP contribution in [0.4, 0.5) is 4.79 Å². The van der Waals surface area contributed by atoms with E-state index in [1.165, 1.54) is 0 Å². The second-order valence-electron chi connectivity index (χ2n) is 4.56. The summed E-state index contributed by atoms with van der Waals surface area (Å²) in [4.78, 5) is 19.9. The molecule has 0 unspecified atom stereocenters. The molecule has 0 aromatic carbocycles. The van der Waals surface area contributed by atoms with Gasteiger partial charge >= 0.3 is 5.43 Å². The zero-order valence-corrected chi connectivity index (χ0v) is 14.6. The van der Waals surface area contributed by atoms with Crippen LogP contribution in [0.25, 0.3) is 0 Å². The SMILES string of the molecule is CC(C)COC(=O)Cl.CCN=C=NCCCN(C)C.Cl. The second-order valence-corrected chi connectivity index (χ2v) is 4.86. The molecule has 0 saturated heterocycles. The zero-order valence-electron chi connectivity index (χ0n) is 13.1. The van der Waals surface area contributed by atoms with Crippen LogP contribution in [0.15, 0.2) is 9.98 Å². The van der Waals surface area contributed by atoms with Crippen molar-refractivity contribution in [1.29, 1.82) is 0 Å². The van der Waals surface area contributed by atoms with Crippen molar-refractivity contribution in [2.75, 3.05) is 40.3 Å². The lowest BCUT2D eigenvalue weighted by atomic mass is 10.2. The minimum Gasteiger partial charge on any atom is -0.453 e. The Morgan fingerprint density at radius 1 is 1.35 bits per heavy atom. The normalized spacial score (nSPS) is 9.00. The number of hydrogen-bond acceptors (Lipinski definition) is 5. The average molecular weight is 328 g/mol. The van der Waals surface area contributed by atoms with Gasteiger partial charge in [-0.15, -0.1) is 12.4 Å². The highest BCUT2D eigenvalue weighted by molar-refractivity contribution is 6.61. The number of nitrogens with zero attached hydrogens (tertiary/aromatic N) is 3. The fourth-order valence-electron chi connectivity index (χ4n) is 0.869. The Morgan fingerprint density at radius 3 is 2.30 bits per heavy atom. The van der Waals surface area contributed by atoms with Crippen molar-refractivity contribution in [2.24, 2.45) is 15.9 Å². The van der Waals surface area contributed by atoms with E-state index in [1.54, 1.807) is 0 Å². The fraction of sp³-hybridized carbons (Fsp3) is 0.846. The van der Waals surface area contributed by atoms with E-state index in [-0.39, 0.29) is 12.4 Å². The maximum absolute atomic E-state index is 9.89. The third-order valence-corrected chi connectivity index (χ3v) is 1.81. The van der Waals surface area contributed by atoms with E-state index >= 15 is 0 Å². The maximum atomic E-state index is 9.89. The third-order valence-electron chi connectivity index (χ3n) is 1.70. The van der Waals surface area contributed by atoms with Gasteiger partial charge in [0.05, 0.1) is 19.2 Å². The summed E-state index contributed by atoms with van der Waals surface area (Å²) in [6.07, 6.45) is 1.08. The molecule has 0 heterocycles. The van der Waals surface area contributed by atoms with Crippen molar-refractivity contribution in [2.45, 2.75) is 27.2 Å². The Balaban J connectivity index is -0.000000288. The summed E-state index contributed by atoms with van der Waals surface area (Å²) in [5, 5.41) is 0. The number of halogens is 2. The third kappa shape index (κ3) is 30.4. The van der Waals surface area contributed by atoms with Crippen molar-refractivity contribution in [3.63, 3.8) is 0 Å². The molecule has 20 heavy (non-hydrogen) atoms. The summed E-state index contributed by atoms with van der Waals surface area (Å²) in [5.74, 6) is 0.359. The summed E-state index contributed by atoms with van der Waals surface area (Å²) in [6, 6.07) is 2.64. The lowest BCUT2D eigenvalue weighted by molar-refractivity contribution is 0.159. The smallest absolute Gasteiger partial charge is 0.403 e. The summed E-state index contributed by atoms with van der Waals surface area (Å²) < 4.78 is 4.43. The molecule has 0 radical (unpaired) electrons. The number of aliphatic imine (C=N–C) groups is 2. The van der Waals surface area contributed by atoms with Crippen LogP contribution in [-0.2, 0) is 4.74 Å². The van der Waals surface area contributed by atoms with Crippen molar-refractivity contribution < 1.29 is 9.53 Å². The fourth-order valence-corrected chi connectivity index (χ4v) is 0.932. The van der Waals surface area contributed by atoms with Crippen LogP contribution >= 0.6 is 24.0 Å². The van der Waals surface area contributed by atoms with E-state index in [4.69, 9.17) is 11.6 Å². The minimum atomic E-state index is -0.723. The number of hydrogen-bond donors (Lipinski definition) is 0. The van der Waals surface area contributed by atoms with Gasteiger partial charge in [0.25, 0.3) is 0 Å². The first-order valence-corrected chi connectivity index (χ1v) is 6.82. The van der Waals surface area contributed by atoms with Crippen LogP contribution in [0.1, 0.15) is 27.2 Å². The van der Waals surface area contributed by atoms with Gasteiger partial charge in [-0.3, -0.25) is 0 Å². The second kappa shape index (κ2) is 18.4. The Morgan fingerprint density at radius 2 is 1.95 bits per heavy atom. The molecule has 0 aliphatic heterocycles. The van der Waals surface area contributed by atoms with Crippen LogP contribution in [0.2, 0.25) is 0 Å². The molecule has 0 atom stereocenters. The monoisotopic (exact) mass is 327 g/mol. The molecule has 0 aliphatic rings. The molecule has 0 fully saturated rings. The van der Waals surface area contributed by atoms with E-state index in [2.05, 4.69) is 39.7 Å². The van der Waals surface area contributed by atoms with Crippen LogP contribution in [0.3, 0.4) is 0 Å². The molecular formula is C13H27Cl2N3O2. The lowest BCUT2D eigenvalue weighted by Gasteiger charge is -2.05. The molecule has 0 bridgehead atoms. The highest BCUT2D eigenvalue weighted by Crippen LogP contribution is 1.94. The molecule has 0 rings (SSSR count). The minimum absolute atomic E-state index is 0. The van der Waals surface area contributed by atoms with E-state index < -0.39 is 5.43 Å². The molecule has 0 spiro atoms. The zero-order chi connectivity index (χ0) is 15.1. The summed E-state index contributed by atoms with van der Waals surface area (Å²) in [7, 11) is 4.12. The van der Waals surface area contributed by atoms with Gasteiger partial charge in [0.15, 0.2) is 0 Å². The maximum Gasteiger partial charge on any atom is 0.403 e. The quantitative estimate of drug-likeness (QED) is 0.408. The molecule has 0 N–H and O–H groups in total. The molecule has 0 aliphatic carbocycles. The van der Waals surface area contributed by atoms with Gasteiger partial charge in [0.2, 0.25) is 0 Å². The molecular weight excluding hydrogens is 301 g/mol. The summed E-state index contributed by atoms with van der Waals surface area (Å²) >= 11 is 4.86. The van der Waals surface area contributed by atoms with Crippen molar-refractivity contribution in [1.82, 2.24) is 4.90 Å². The van der Waals surface area contributed by atoms with Crippen LogP contribution < -0.4 is 0 Å². The van der Waals surface area contributed by atoms with Gasteiger partial charge in [-0.1, -0.05) is 13.8 Å². The largest absolute Gasteiger partial charge is 0.453 e. The Bertz CT molecular complexity index is 279. The van der Waals surface area contributed by atoms with Gasteiger partial charge in [-0.25, -0.2) is 14.8 Å². The van der Waals surface area contributed by atoms with Gasteiger partial charge in [-0.2, -0.15) is 0 Å². The highest BCUT2D eigenvalue weighted by Gasteiger charge is 1.96. The van der Waals surface area contributed by atoms with E-state index in [0.717, 1.165) is 26.1 Å². The van der Waals surface area contributed by atoms with Crippen molar-refractivity contribution in [3.05, 3.63) is 0 Å². The number of rotatable bonds is 7. The number of carbonyl (C=O) groups is 1. The molecule has 0 aromatic rings. The summed E-state index contributed by atoms with van der Waals surface area (Å²) in [6.45, 7) is 8.96. The van der Waals surface area contributed by atoms with Gasteiger partial charge in [-0.05, 0) is 39.9 Å². The van der Waals surface area contributed by atoms with Gasteiger partial charge < -0.3 is 9.64 Å². The van der Waals surface area contributed by atoms with Crippen molar-refractivity contribution in [3.8, 4) is 0 Å². The first-order chi connectivity index (χ1) is 8.90. The number of ether oxygens (including phenoxy) is 1. The van der Waals surface area contributed by atoms with Crippen LogP contribution in [0.5, 0.6) is 0 Å². The summed E-state index contributed by atoms with van der Waals surface area (Å²) in [5.41, 5.74) is -0.723. The van der Waals surface area contributed by atoms with E-state index in [0.29, 0.717) is 12.5 Å². The molecule has 7 heteroatoms. The Hall–Kier alpha value is -0.610. The van der Waals surface area contributed by atoms with Crippen LogP contribution in [0, 0.1) is 5.92 Å². The molecule has 0 saturated carbocycles. The van der Waals surface area contributed by atoms with E-state index in [1.807, 2.05) is 20.8 Å². The molecule has 0 aromatic heterocycles. The predicted octanol–water partition coefficient (Wildman–Crippen LogP) is 3.57. The highest BCUT2D eigenvalue weighted by atomic mass is 35.5. The topological polar surface area (TPSA) is 54.3 Å². The molecule has 120 valence electrons.